The lowest BCUT2D eigenvalue weighted by molar-refractivity contribution is -0.223. The first kappa shape index (κ1) is 33.1. The zero-order chi connectivity index (χ0) is 30.9. The molecule has 0 amide bonds. The average molecular weight is 626 g/mol. The largest absolute Gasteiger partial charge is 0.490 e. The van der Waals surface area contributed by atoms with Gasteiger partial charge in [0.15, 0.2) is 0 Å². The third-order valence-corrected chi connectivity index (χ3v) is 11.5. The lowest BCUT2D eigenvalue weighted by Crippen LogP contribution is -2.64. The Bertz CT molecular complexity index is 1180. The Labute approximate surface area is 267 Å². The van der Waals surface area contributed by atoms with Gasteiger partial charge in [0, 0.05) is 36.4 Å². The molecule has 2 saturated carbocycles. The van der Waals surface area contributed by atoms with Crippen molar-refractivity contribution < 1.29 is 29.3 Å². The Kier molecular flexibility index (Phi) is 11.9. The van der Waals surface area contributed by atoms with Crippen LogP contribution in [0.3, 0.4) is 0 Å². The summed E-state index contributed by atoms with van der Waals surface area (Å²) in [4.78, 5) is 5.51. The van der Waals surface area contributed by atoms with Gasteiger partial charge in [-0.05, 0) is 74.1 Å². The number of aliphatic hydroxyl groups is 2. The summed E-state index contributed by atoms with van der Waals surface area (Å²) in [5.41, 5.74) is 3.30. The number of oxime groups is 1. The van der Waals surface area contributed by atoms with Gasteiger partial charge in [0.05, 0.1) is 23.5 Å². The van der Waals surface area contributed by atoms with Crippen LogP contribution in [0.15, 0.2) is 60.3 Å². The molecule has 44 heavy (non-hydrogen) atoms. The number of aliphatic hydroxyl groups excluding tert-OH is 2. The smallest absolute Gasteiger partial charge is 0.230 e. The third kappa shape index (κ3) is 6.93. The maximum Gasteiger partial charge on any atom is 0.230 e. The Morgan fingerprint density at radius 1 is 1.05 bits per heavy atom. The second-order valence-electron chi connectivity index (χ2n) is 12.6. The number of allylic oxidation sites excluding steroid dienone is 1. The van der Waals surface area contributed by atoms with Gasteiger partial charge in [0.2, 0.25) is 5.79 Å². The number of fused-ring (bicyclic) bond motifs is 2. The fourth-order valence-corrected chi connectivity index (χ4v) is 9.83. The molecule has 6 unspecified atom stereocenters. The van der Waals surface area contributed by atoms with E-state index in [1.54, 1.807) is 13.2 Å². The zero-order valence-electron chi connectivity index (χ0n) is 26.3. The highest BCUT2D eigenvalue weighted by atomic mass is 32.2. The molecule has 0 radical (unpaired) electrons. The molecule has 4 aliphatic rings. The van der Waals surface area contributed by atoms with Crippen molar-refractivity contribution in [3.8, 4) is 11.5 Å². The van der Waals surface area contributed by atoms with Crippen LogP contribution in [0.5, 0.6) is 11.5 Å². The molecule has 0 bridgehead atoms. The molecule has 2 N–H and O–H groups in total. The summed E-state index contributed by atoms with van der Waals surface area (Å²) in [6, 6.07) is 6.21. The molecule has 2 fully saturated rings. The van der Waals surface area contributed by atoms with Crippen molar-refractivity contribution in [1.82, 2.24) is 0 Å². The highest BCUT2D eigenvalue weighted by molar-refractivity contribution is 8.00. The maximum atomic E-state index is 9.73. The van der Waals surface area contributed by atoms with Crippen molar-refractivity contribution in [2.75, 3.05) is 33.5 Å². The van der Waals surface area contributed by atoms with E-state index in [0.29, 0.717) is 24.9 Å². The Morgan fingerprint density at radius 2 is 1.80 bits per heavy atom. The van der Waals surface area contributed by atoms with Gasteiger partial charge in [-0.2, -0.15) is 0 Å². The molecule has 5 rings (SSSR count). The Hall–Kier alpha value is -2.26. The normalized spacial score (nSPS) is 30.2. The summed E-state index contributed by atoms with van der Waals surface area (Å²) >= 11 is 2.02. The van der Waals surface area contributed by atoms with E-state index in [9.17, 15) is 10.2 Å². The standard InChI is InChI=1S/C36H51NO6S/c1-4-20-41-26-16-17-32-30(23-26)34-28(15-9-11-19-39)25(12-8-10-18-38)22-29-31(37-40-3)24-33(44-27-13-6-7-14-27)36(43-32,35(29)34)42-21-5-2/h4-5,16-17,22-23,25,27-28,33-35,38-39H,1-2,6-15,18-21,24H2,3H3. The summed E-state index contributed by atoms with van der Waals surface area (Å²) in [5.74, 6) is 1.31. The second-order valence-corrected chi connectivity index (χ2v) is 14.1. The fraction of sp³-hybridized carbons (Fsp3) is 0.639. The minimum atomic E-state index is -0.896. The molecule has 0 aromatic heterocycles. The van der Waals surface area contributed by atoms with E-state index < -0.39 is 5.79 Å². The van der Waals surface area contributed by atoms with Gasteiger partial charge in [-0.15, -0.1) is 18.3 Å². The van der Waals surface area contributed by atoms with Crippen LogP contribution in [0.4, 0.5) is 0 Å². The zero-order valence-corrected chi connectivity index (χ0v) is 27.1. The Balaban J connectivity index is 1.70. The molecule has 0 saturated heterocycles. The molecular formula is C36H51NO6S. The van der Waals surface area contributed by atoms with Crippen LogP contribution in [-0.2, 0) is 9.57 Å². The molecule has 6 atom stereocenters. The van der Waals surface area contributed by atoms with Gasteiger partial charge in [0.25, 0.3) is 0 Å². The fourth-order valence-electron chi connectivity index (χ4n) is 8.06. The molecular weight excluding hydrogens is 574 g/mol. The van der Waals surface area contributed by atoms with Gasteiger partial charge >= 0.3 is 0 Å². The van der Waals surface area contributed by atoms with Crippen LogP contribution < -0.4 is 9.47 Å². The van der Waals surface area contributed by atoms with Crippen LogP contribution in [0, 0.1) is 17.8 Å². The lowest BCUT2D eigenvalue weighted by atomic mass is 9.56. The number of thioether (sulfide) groups is 1. The first-order chi connectivity index (χ1) is 21.6. The average Bonchev–Trinajstić information content (AvgIpc) is 3.55. The Morgan fingerprint density at radius 3 is 2.50 bits per heavy atom. The molecule has 1 aromatic carbocycles. The molecule has 0 spiro atoms. The van der Waals surface area contributed by atoms with E-state index in [-0.39, 0.29) is 42.1 Å². The second kappa shape index (κ2) is 15.8. The lowest BCUT2D eigenvalue weighted by Gasteiger charge is -2.58. The SMILES string of the molecule is C=CCOc1ccc2c(c1)C1C(CCCCO)C(CCCCO)C=C3C(=NOC)CC(SC4CCCC4)C(OCC=C)(O2)C31. The molecule has 242 valence electrons. The first-order valence-corrected chi connectivity index (χ1v) is 17.5. The highest BCUT2D eigenvalue weighted by Gasteiger charge is 2.64. The third-order valence-electron chi connectivity index (χ3n) is 9.85. The van der Waals surface area contributed by atoms with Crippen LogP contribution in [0.1, 0.15) is 82.1 Å². The molecule has 7 nitrogen and oxygen atoms in total. The van der Waals surface area contributed by atoms with E-state index in [1.807, 2.05) is 23.9 Å². The number of rotatable bonds is 17. The molecule has 1 aromatic rings. The van der Waals surface area contributed by atoms with E-state index in [0.717, 1.165) is 61.3 Å². The summed E-state index contributed by atoms with van der Waals surface area (Å²) in [5, 5.41) is 24.6. The number of hydrogen-bond donors (Lipinski definition) is 2. The summed E-state index contributed by atoms with van der Waals surface area (Å²) < 4.78 is 20.2. The van der Waals surface area contributed by atoms with Crippen molar-refractivity contribution in [1.29, 1.82) is 0 Å². The minimum Gasteiger partial charge on any atom is -0.490 e. The topological polar surface area (TPSA) is 89.7 Å². The van der Waals surface area contributed by atoms with Crippen LogP contribution in [0.2, 0.25) is 0 Å². The van der Waals surface area contributed by atoms with Gasteiger partial charge < -0.3 is 29.3 Å². The minimum absolute atomic E-state index is 0.0259. The number of hydrogen-bond acceptors (Lipinski definition) is 8. The monoisotopic (exact) mass is 625 g/mol. The van der Waals surface area contributed by atoms with Crippen molar-refractivity contribution in [2.45, 2.75) is 92.8 Å². The molecule has 1 heterocycles. The quantitative estimate of drug-likeness (QED) is 0.108. The number of benzene rings is 1. The predicted molar refractivity (Wildman–Crippen MR) is 178 cm³/mol. The van der Waals surface area contributed by atoms with E-state index in [4.69, 9.17) is 19.0 Å². The van der Waals surface area contributed by atoms with Gasteiger partial charge in [-0.25, -0.2) is 0 Å². The van der Waals surface area contributed by atoms with Gasteiger partial charge in [-0.3, -0.25) is 0 Å². The van der Waals surface area contributed by atoms with Gasteiger partial charge in [-0.1, -0.05) is 55.6 Å². The summed E-state index contributed by atoms with van der Waals surface area (Å²) in [7, 11) is 1.63. The number of ether oxygens (including phenoxy) is 3. The molecule has 8 heteroatoms. The number of nitrogens with zero attached hydrogens (tertiary/aromatic N) is 1. The van der Waals surface area contributed by atoms with Crippen molar-refractivity contribution in [3.05, 3.63) is 60.7 Å². The van der Waals surface area contributed by atoms with Gasteiger partial charge in [0.1, 0.15) is 25.2 Å². The predicted octanol–water partition coefficient (Wildman–Crippen LogP) is 7.19. The van der Waals surface area contributed by atoms with Crippen molar-refractivity contribution >= 4 is 17.5 Å². The molecule has 3 aliphatic carbocycles. The van der Waals surface area contributed by atoms with Crippen LogP contribution in [-0.4, -0.2) is 65.7 Å². The van der Waals surface area contributed by atoms with E-state index in [2.05, 4.69) is 36.5 Å². The maximum absolute atomic E-state index is 9.73. The van der Waals surface area contributed by atoms with Crippen molar-refractivity contribution in [2.24, 2.45) is 22.9 Å². The summed E-state index contributed by atoms with van der Waals surface area (Å²) in [6.45, 7) is 9.05. The highest BCUT2D eigenvalue weighted by Crippen LogP contribution is 2.63. The molecule has 1 aliphatic heterocycles. The van der Waals surface area contributed by atoms with E-state index in [1.165, 1.54) is 31.3 Å². The summed E-state index contributed by atoms with van der Waals surface area (Å²) in [6.07, 6.45) is 17.1. The van der Waals surface area contributed by atoms with Crippen LogP contribution >= 0.6 is 11.8 Å². The van der Waals surface area contributed by atoms with Crippen LogP contribution in [0.25, 0.3) is 0 Å². The number of unbranched alkanes of at least 4 members (excludes halogenated alkanes) is 2. The first-order valence-electron chi connectivity index (χ1n) is 16.6. The van der Waals surface area contributed by atoms with Crippen molar-refractivity contribution in [3.63, 3.8) is 0 Å². The van der Waals surface area contributed by atoms with E-state index >= 15 is 0 Å².